The van der Waals surface area contributed by atoms with Crippen molar-refractivity contribution in [3.8, 4) is 0 Å². The number of likely N-dealkylation sites (N-methyl/N-ethyl adjacent to an activating group) is 1. The molecule has 0 aromatic heterocycles. The summed E-state index contributed by atoms with van der Waals surface area (Å²) in [4.78, 5) is 7.85. The van der Waals surface area contributed by atoms with Gasteiger partial charge in [0.05, 0.1) is 6.54 Å². The van der Waals surface area contributed by atoms with Crippen LogP contribution in [0, 0.1) is 5.92 Å². The first-order valence-corrected chi connectivity index (χ1v) is 8.75. The lowest BCUT2D eigenvalue weighted by molar-refractivity contribution is -0.143. The summed E-state index contributed by atoms with van der Waals surface area (Å²) < 4.78 is 42.3. The normalized spacial score (nSPS) is 18.9. The SMILES string of the molecule is CN=C(NCCN(C)CCCOC)NCC1CCN(CC(F)(F)F)C1.I. The molecular formula is C16H33F3IN5O. The van der Waals surface area contributed by atoms with Crippen molar-refractivity contribution in [3.63, 3.8) is 0 Å². The van der Waals surface area contributed by atoms with Crippen molar-refractivity contribution in [1.29, 1.82) is 0 Å². The molecule has 0 spiro atoms. The van der Waals surface area contributed by atoms with Gasteiger partial charge in [0.2, 0.25) is 0 Å². The lowest BCUT2D eigenvalue weighted by Gasteiger charge is -2.20. The Bertz CT molecular complexity index is 399. The number of hydrogen-bond acceptors (Lipinski definition) is 4. The number of hydrogen-bond donors (Lipinski definition) is 2. The molecule has 1 unspecified atom stereocenters. The highest BCUT2D eigenvalue weighted by Gasteiger charge is 2.34. The molecule has 1 rings (SSSR count). The molecule has 0 radical (unpaired) electrons. The van der Waals surface area contributed by atoms with E-state index in [4.69, 9.17) is 4.74 Å². The summed E-state index contributed by atoms with van der Waals surface area (Å²) in [6, 6.07) is 0. The summed E-state index contributed by atoms with van der Waals surface area (Å²) in [6.07, 6.45) is -2.34. The minimum atomic E-state index is -4.12. The zero-order chi connectivity index (χ0) is 18.7. The molecule has 6 nitrogen and oxygen atoms in total. The second-order valence-corrected chi connectivity index (χ2v) is 6.53. The van der Waals surface area contributed by atoms with Crippen LogP contribution in [-0.4, -0.2) is 95.6 Å². The van der Waals surface area contributed by atoms with Crippen LogP contribution in [0.25, 0.3) is 0 Å². The van der Waals surface area contributed by atoms with Gasteiger partial charge in [-0.25, -0.2) is 0 Å². The number of methoxy groups -OCH3 is 1. The van der Waals surface area contributed by atoms with Crippen molar-refractivity contribution in [2.24, 2.45) is 10.9 Å². The van der Waals surface area contributed by atoms with Crippen LogP contribution in [0.3, 0.4) is 0 Å². The highest BCUT2D eigenvalue weighted by atomic mass is 127. The molecule has 1 aliphatic heterocycles. The summed E-state index contributed by atoms with van der Waals surface area (Å²) in [6.45, 7) is 4.17. The first-order valence-electron chi connectivity index (χ1n) is 8.75. The highest BCUT2D eigenvalue weighted by Crippen LogP contribution is 2.22. The molecule has 1 fully saturated rings. The van der Waals surface area contributed by atoms with Gasteiger partial charge in [0.15, 0.2) is 5.96 Å². The van der Waals surface area contributed by atoms with Gasteiger partial charge in [0.1, 0.15) is 0 Å². The van der Waals surface area contributed by atoms with Crippen LogP contribution in [0.1, 0.15) is 12.8 Å². The number of rotatable bonds is 10. The molecule has 1 saturated heterocycles. The van der Waals surface area contributed by atoms with Crippen molar-refractivity contribution in [2.45, 2.75) is 19.0 Å². The summed E-state index contributed by atoms with van der Waals surface area (Å²) in [7, 11) is 5.45. The van der Waals surface area contributed by atoms with Crippen LogP contribution < -0.4 is 10.6 Å². The van der Waals surface area contributed by atoms with E-state index >= 15 is 0 Å². The molecule has 0 aliphatic carbocycles. The van der Waals surface area contributed by atoms with Crippen molar-refractivity contribution in [3.05, 3.63) is 0 Å². The van der Waals surface area contributed by atoms with E-state index in [9.17, 15) is 13.2 Å². The van der Waals surface area contributed by atoms with E-state index in [1.165, 1.54) is 4.90 Å². The van der Waals surface area contributed by atoms with E-state index in [-0.39, 0.29) is 29.9 Å². The molecule has 1 aliphatic rings. The molecule has 0 amide bonds. The quantitative estimate of drug-likeness (QED) is 0.209. The third-order valence-corrected chi connectivity index (χ3v) is 4.23. The molecule has 1 heterocycles. The fraction of sp³-hybridized carbons (Fsp3) is 0.938. The Morgan fingerprint density at radius 1 is 1.31 bits per heavy atom. The Kier molecular flexibility index (Phi) is 13.6. The van der Waals surface area contributed by atoms with Crippen molar-refractivity contribution in [2.75, 3.05) is 73.6 Å². The standard InChI is InChI=1S/C16H32F3N5O.HI/c1-20-15(21-6-9-23(2)7-4-10-25-3)22-11-14-5-8-24(12-14)13-16(17,18)19;/h14H,4-13H2,1-3H3,(H2,20,21,22);1H. The maximum absolute atomic E-state index is 12.4. The van der Waals surface area contributed by atoms with Crippen molar-refractivity contribution < 1.29 is 17.9 Å². The number of halogens is 4. The zero-order valence-electron chi connectivity index (χ0n) is 15.9. The number of nitrogens with one attached hydrogen (secondary N) is 2. The number of ether oxygens (including phenoxy) is 1. The van der Waals surface area contributed by atoms with Crippen LogP contribution in [0.5, 0.6) is 0 Å². The molecule has 2 N–H and O–H groups in total. The predicted octanol–water partition coefficient (Wildman–Crippen LogP) is 1.62. The zero-order valence-corrected chi connectivity index (χ0v) is 18.3. The van der Waals surface area contributed by atoms with Crippen LogP contribution in [0.2, 0.25) is 0 Å². The van der Waals surface area contributed by atoms with Gasteiger partial charge in [-0.1, -0.05) is 0 Å². The summed E-state index contributed by atoms with van der Waals surface area (Å²) >= 11 is 0. The smallest absolute Gasteiger partial charge is 0.385 e. The van der Waals surface area contributed by atoms with Crippen LogP contribution in [0.15, 0.2) is 4.99 Å². The minimum Gasteiger partial charge on any atom is -0.385 e. The first-order chi connectivity index (χ1) is 11.8. The van der Waals surface area contributed by atoms with Gasteiger partial charge in [-0.2, -0.15) is 13.2 Å². The Morgan fingerprint density at radius 2 is 2.04 bits per heavy atom. The van der Waals surface area contributed by atoms with Crippen LogP contribution >= 0.6 is 24.0 Å². The maximum atomic E-state index is 12.4. The fourth-order valence-electron chi connectivity index (χ4n) is 2.89. The molecule has 0 aromatic carbocycles. The third kappa shape index (κ3) is 12.1. The summed E-state index contributed by atoms with van der Waals surface area (Å²) in [5.74, 6) is 0.914. The number of guanidine groups is 1. The average Bonchev–Trinajstić information content (AvgIpc) is 2.96. The van der Waals surface area contributed by atoms with E-state index in [1.54, 1.807) is 14.2 Å². The second-order valence-electron chi connectivity index (χ2n) is 6.53. The van der Waals surface area contributed by atoms with E-state index in [0.29, 0.717) is 25.6 Å². The topological polar surface area (TPSA) is 52.1 Å². The number of alkyl halides is 3. The lowest BCUT2D eigenvalue weighted by atomic mass is 10.1. The number of likely N-dealkylation sites (tertiary alicyclic amines) is 1. The van der Waals surface area contributed by atoms with Gasteiger partial charge in [-0.15, -0.1) is 24.0 Å². The molecule has 1 atom stereocenters. The van der Waals surface area contributed by atoms with Gasteiger partial charge in [-0.3, -0.25) is 9.89 Å². The minimum absolute atomic E-state index is 0. The predicted molar refractivity (Wildman–Crippen MR) is 109 cm³/mol. The molecule has 0 saturated carbocycles. The van der Waals surface area contributed by atoms with Gasteiger partial charge in [0.25, 0.3) is 0 Å². The molecular weight excluding hydrogens is 462 g/mol. The molecule has 26 heavy (non-hydrogen) atoms. The Balaban J connectivity index is 0.00000625. The lowest BCUT2D eigenvalue weighted by Crippen LogP contribution is -2.43. The largest absolute Gasteiger partial charge is 0.401 e. The third-order valence-electron chi connectivity index (χ3n) is 4.23. The van der Waals surface area contributed by atoms with E-state index in [2.05, 4.69) is 27.6 Å². The van der Waals surface area contributed by atoms with E-state index in [1.807, 2.05) is 0 Å². The highest BCUT2D eigenvalue weighted by molar-refractivity contribution is 14.0. The number of aliphatic imine (C=N–C) groups is 1. The summed E-state index contributed by atoms with van der Waals surface area (Å²) in [5.41, 5.74) is 0. The maximum Gasteiger partial charge on any atom is 0.401 e. The van der Waals surface area contributed by atoms with E-state index < -0.39 is 12.7 Å². The van der Waals surface area contributed by atoms with Gasteiger partial charge >= 0.3 is 6.18 Å². The van der Waals surface area contributed by atoms with Crippen LogP contribution in [0.4, 0.5) is 13.2 Å². The van der Waals surface area contributed by atoms with Gasteiger partial charge < -0.3 is 20.3 Å². The summed E-state index contributed by atoms with van der Waals surface area (Å²) in [5, 5.41) is 6.45. The molecule has 0 bridgehead atoms. The average molecular weight is 495 g/mol. The van der Waals surface area contributed by atoms with Gasteiger partial charge in [0, 0.05) is 53.5 Å². The molecule has 156 valence electrons. The Morgan fingerprint density at radius 3 is 2.65 bits per heavy atom. The van der Waals surface area contributed by atoms with E-state index in [0.717, 1.165) is 39.1 Å². The first kappa shape index (κ1) is 25.7. The van der Waals surface area contributed by atoms with Gasteiger partial charge in [-0.05, 0) is 32.4 Å². The van der Waals surface area contributed by atoms with Crippen molar-refractivity contribution >= 4 is 29.9 Å². The monoisotopic (exact) mass is 495 g/mol. The fourth-order valence-corrected chi connectivity index (χ4v) is 2.89. The molecule has 0 aromatic rings. The number of nitrogens with zero attached hydrogens (tertiary/aromatic N) is 3. The Hall–Kier alpha value is -0.330. The van der Waals surface area contributed by atoms with Crippen LogP contribution in [-0.2, 0) is 4.74 Å². The Labute approximate surface area is 171 Å². The van der Waals surface area contributed by atoms with Crippen molar-refractivity contribution in [1.82, 2.24) is 20.4 Å². The molecule has 10 heteroatoms. The second kappa shape index (κ2) is 13.8.